The number of carbonyl (C=O) groups is 2. The van der Waals surface area contributed by atoms with E-state index < -0.39 is 47.5 Å². The van der Waals surface area contributed by atoms with Crippen LogP contribution in [0.25, 0.3) is 0 Å². The van der Waals surface area contributed by atoms with E-state index in [0.29, 0.717) is 12.3 Å². The summed E-state index contributed by atoms with van der Waals surface area (Å²) in [6, 6.07) is 1.43. The van der Waals surface area contributed by atoms with Crippen molar-refractivity contribution in [3.8, 4) is 0 Å². The summed E-state index contributed by atoms with van der Waals surface area (Å²) in [5.74, 6) is -0.822. The highest BCUT2D eigenvalue weighted by Gasteiger charge is 2.40. The number of hydrogen-bond acceptors (Lipinski definition) is 3. The Kier molecular flexibility index (Phi) is 5.59. The van der Waals surface area contributed by atoms with E-state index in [1.165, 1.54) is 13.0 Å². The van der Waals surface area contributed by atoms with Gasteiger partial charge in [0.05, 0.1) is 28.6 Å². The summed E-state index contributed by atoms with van der Waals surface area (Å²) in [5, 5.41) is 2.19. The average molecular weight is 446 g/mol. The van der Waals surface area contributed by atoms with Gasteiger partial charge in [-0.25, -0.2) is 4.79 Å². The Morgan fingerprint density at radius 1 is 1.16 bits per heavy atom. The van der Waals surface area contributed by atoms with Crippen LogP contribution in [-0.2, 0) is 23.6 Å². The molecule has 166 valence electrons. The van der Waals surface area contributed by atoms with Gasteiger partial charge in [-0.1, -0.05) is 12.1 Å². The van der Waals surface area contributed by atoms with Gasteiger partial charge >= 0.3 is 18.4 Å². The second-order valence-electron chi connectivity index (χ2n) is 6.96. The number of alkyl halides is 6. The summed E-state index contributed by atoms with van der Waals surface area (Å²) in [5.41, 5.74) is 2.86. The summed E-state index contributed by atoms with van der Waals surface area (Å²) < 4.78 is 78.9. The third-order valence-electron chi connectivity index (χ3n) is 4.87. The predicted molar refractivity (Wildman–Crippen MR) is 96.8 cm³/mol. The molecule has 31 heavy (non-hydrogen) atoms. The molecule has 3 amide bonds. The fourth-order valence-corrected chi connectivity index (χ4v) is 3.38. The second-order valence-corrected chi connectivity index (χ2v) is 6.96. The van der Waals surface area contributed by atoms with Crippen molar-refractivity contribution in [3.63, 3.8) is 0 Å². The molecule has 1 aliphatic heterocycles. The number of pyridine rings is 1. The first-order chi connectivity index (χ1) is 14.3. The maximum Gasteiger partial charge on any atom is 0.417 e. The van der Waals surface area contributed by atoms with E-state index in [9.17, 15) is 35.9 Å². The minimum Gasteiger partial charge on any atom is -0.352 e. The van der Waals surface area contributed by atoms with Crippen LogP contribution in [0.2, 0.25) is 0 Å². The van der Waals surface area contributed by atoms with Gasteiger partial charge in [-0.05, 0) is 30.7 Å². The number of carbonyl (C=O) groups excluding carboxylic acids is 2. The van der Waals surface area contributed by atoms with Crippen molar-refractivity contribution < 1.29 is 35.9 Å². The Morgan fingerprint density at radius 3 is 2.39 bits per heavy atom. The summed E-state index contributed by atoms with van der Waals surface area (Å²) in [6.45, 7) is 1.37. The lowest BCUT2D eigenvalue weighted by Gasteiger charge is -2.38. The lowest BCUT2D eigenvalue weighted by molar-refractivity contribution is -0.138. The summed E-state index contributed by atoms with van der Waals surface area (Å²) in [6.07, 6.45) is -9.04. The van der Waals surface area contributed by atoms with Gasteiger partial charge in [-0.2, -0.15) is 26.3 Å². The van der Waals surface area contributed by atoms with Gasteiger partial charge in [0.25, 0.3) is 5.91 Å². The molecule has 2 atom stereocenters. The van der Waals surface area contributed by atoms with Crippen LogP contribution >= 0.6 is 0 Å². The van der Waals surface area contributed by atoms with Gasteiger partial charge in [0.1, 0.15) is 6.04 Å². The van der Waals surface area contributed by atoms with Crippen LogP contribution in [0.15, 0.2) is 36.5 Å². The second kappa shape index (κ2) is 7.75. The molecule has 1 aromatic carbocycles. The normalized spacial score (nSPS) is 17.8. The molecular weight excluding hydrogens is 430 g/mol. The van der Waals surface area contributed by atoms with Crippen LogP contribution < -0.4 is 16.0 Å². The Hall–Kier alpha value is -3.31. The van der Waals surface area contributed by atoms with E-state index >= 15 is 0 Å². The van der Waals surface area contributed by atoms with E-state index in [1.54, 1.807) is 0 Å². The minimum atomic E-state index is -4.75. The lowest BCUT2D eigenvalue weighted by atomic mass is 9.96. The van der Waals surface area contributed by atoms with Crippen LogP contribution in [0.1, 0.15) is 35.3 Å². The number of nitrogens with zero attached hydrogens (tertiary/aromatic N) is 2. The quantitative estimate of drug-likeness (QED) is 0.703. The number of benzene rings is 1. The fourth-order valence-electron chi connectivity index (χ4n) is 3.38. The average Bonchev–Trinajstić information content (AvgIpc) is 2.66. The summed E-state index contributed by atoms with van der Waals surface area (Å²) in [7, 11) is 0. The zero-order chi connectivity index (χ0) is 23.1. The molecule has 6 nitrogen and oxygen atoms in total. The van der Waals surface area contributed by atoms with Crippen LogP contribution in [0, 0.1) is 0 Å². The van der Waals surface area contributed by atoms with Crippen LogP contribution in [0.4, 0.5) is 36.8 Å². The van der Waals surface area contributed by atoms with Gasteiger partial charge < -0.3 is 16.0 Å². The molecule has 1 aliphatic rings. The maximum absolute atomic E-state index is 13.2. The first-order valence-electron chi connectivity index (χ1n) is 8.91. The molecule has 0 aliphatic carbocycles. The van der Waals surface area contributed by atoms with E-state index in [1.807, 2.05) is 0 Å². The van der Waals surface area contributed by atoms with E-state index in [2.05, 4.69) is 10.3 Å². The van der Waals surface area contributed by atoms with Crippen LogP contribution in [0.5, 0.6) is 0 Å². The van der Waals surface area contributed by atoms with Crippen LogP contribution in [0.3, 0.4) is 0 Å². The highest BCUT2D eigenvalue weighted by atomic mass is 19.4. The van der Waals surface area contributed by atoms with Crippen molar-refractivity contribution in [2.24, 2.45) is 5.73 Å². The number of anilines is 1. The largest absolute Gasteiger partial charge is 0.417 e. The minimum absolute atomic E-state index is 0.0336. The first-order valence-corrected chi connectivity index (χ1v) is 8.91. The molecule has 0 bridgehead atoms. The Balaban J connectivity index is 2.12. The van der Waals surface area contributed by atoms with Gasteiger partial charge in [-0.15, -0.1) is 0 Å². The molecule has 3 N–H and O–H groups in total. The van der Waals surface area contributed by atoms with E-state index in [-0.39, 0.29) is 23.4 Å². The van der Waals surface area contributed by atoms with Crippen molar-refractivity contribution in [2.75, 3.05) is 4.90 Å². The zero-order valence-electron chi connectivity index (χ0n) is 15.9. The Bertz CT molecular complexity index is 1020. The molecule has 0 unspecified atom stereocenters. The van der Waals surface area contributed by atoms with Crippen LogP contribution in [-0.4, -0.2) is 23.0 Å². The van der Waals surface area contributed by atoms with Gasteiger partial charge in [0.15, 0.2) is 0 Å². The lowest BCUT2D eigenvalue weighted by Crippen LogP contribution is -2.54. The number of urea groups is 1. The number of aromatic nitrogens is 1. The summed E-state index contributed by atoms with van der Waals surface area (Å²) in [4.78, 5) is 28.9. The van der Waals surface area contributed by atoms with Crippen molar-refractivity contribution >= 4 is 17.6 Å². The van der Waals surface area contributed by atoms with Gasteiger partial charge in [-0.3, -0.25) is 9.78 Å². The number of amides is 3. The smallest absolute Gasteiger partial charge is 0.352 e. The van der Waals surface area contributed by atoms with Gasteiger partial charge in [0.2, 0.25) is 0 Å². The Morgan fingerprint density at radius 2 is 1.81 bits per heavy atom. The summed E-state index contributed by atoms with van der Waals surface area (Å²) >= 11 is 0. The zero-order valence-corrected chi connectivity index (χ0v) is 15.9. The molecule has 12 heteroatoms. The number of rotatable bonds is 3. The third kappa shape index (κ3) is 4.57. The first kappa shape index (κ1) is 22.4. The molecule has 2 heterocycles. The number of nitrogens with two attached hydrogens (primary N) is 1. The van der Waals surface area contributed by atoms with E-state index in [0.717, 1.165) is 23.1 Å². The monoisotopic (exact) mass is 446 g/mol. The Labute approximate surface area is 172 Å². The molecule has 2 aromatic rings. The maximum atomic E-state index is 13.2. The SMILES string of the molecule is C[C@@H](c1cccc(C(F)(F)F)c1)N1C(=O)[C@H](NC(N)=O)Cc2ncc(C(F)(F)F)cc21. The highest BCUT2D eigenvalue weighted by molar-refractivity contribution is 6.02. The molecule has 0 saturated carbocycles. The molecule has 1 aromatic heterocycles. The predicted octanol–water partition coefficient (Wildman–Crippen LogP) is 3.81. The topological polar surface area (TPSA) is 88.3 Å². The highest BCUT2D eigenvalue weighted by Crippen LogP contribution is 2.39. The standard InChI is InChI=1S/C19H16F6N4O2/c1-9(10-3-2-4-11(5-10)18(20,21)22)29-15-6-12(19(23,24)25)8-27-13(15)7-14(16(29)30)28-17(26)31/h2-6,8-9,14H,7H2,1H3,(H3,26,28,31)/t9-,14+/m0/s1. The molecule has 0 spiro atoms. The molecule has 0 fully saturated rings. The molecular formula is C19H16F6N4O2. The fraction of sp³-hybridized carbons (Fsp3) is 0.316. The molecule has 0 saturated heterocycles. The van der Waals surface area contributed by atoms with E-state index in [4.69, 9.17) is 5.73 Å². The number of primary amides is 1. The van der Waals surface area contributed by atoms with Crippen molar-refractivity contribution in [2.45, 2.75) is 37.8 Å². The molecule has 0 radical (unpaired) electrons. The number of halogens is 6. The van der Waals surface area contributed by atoms with Crippen molar-refractivity contribution in [3.05, 3.63) is 58.9 Å². The van der Waals surface area contributed by atoms with Crippen molar-refractivity contribution in [1.29, 1.82) is 0 Å². The number of nitrogens with one attached hydrogen (secondary N) is 1. The number of hydrogen-bond donors (Lipinski definition) is 2. The third-order valence-corrected chi connectivity index (χ3v) is 4.87. The number of fused-ring (bicyclic) bond motifs is 1. The molecule has 3 rings (SSSR count). The van der Waals surface area contributed by atoms with Crippen molar-refractivity contribution in [1.82, 2.24) is 10.3 Å². The van der Waals surface area contributed by atoms with Gasteiger partial charge in [0, 0.05) is 12.6 Å².